The average Bonchev–Trinajstić information content (AvgIpc) is 2.66. The van der Waals surface area contributed by atoms with Gasteiger partial charge in [0.25, 0.3) is 0 Å². The number of hydrogen-bond acceptors (Lipinski definition) is 0. The zero-order valence-corrected chi connectivity index (χ0v) is 10.8. The summed E-state index contributed by atoms with van der Waals surface area (Å²) in [5.74, 6) is 0.674. The number of benzene rings is 1. The van der Waals surface area contributed by atoms with E-state index in [1.165, 1.54) is 29.3 Å². The molecule has 0 spiro atoms. The maximum atomic E-state index is 3.57. The quantitative estimate of drug-likeness (QED) is 0.818. The Morgan fingerprint density at radius 3 is 2.67 bits per heavy atom. The van der Waals surface area contributed by atoms with E-state index in [4.69, 9.17) is 0 Å². The third kappa shape index (κ3) is 1.83. The summed E-state index contributed by atoms with van der Waals surface area (Å²) in [5, 5.41) is 1.36. The Morgan fingerprint density at radius 2 is 2.00 bits per heavy atom. The van der Waals surface area contributed by atoms with Gasteiger partial charge in [0.15, 0.2) is 0 Å². The van der Waals surface area contributed by atoms with Crippen LogP contribution in [0.4, 0.5) is 0 Å². The summed E-state index contributed by atoms with van der Waals surface area (Å²) in [6.45, 7) is 4.51. The average molecular weight is 266 g/mol. The Bertz CT molecular complexity index is 455. The first-order valence-electron chi connectivity index (χ1n) is 5.53. The van der Waals surface area contributed by atoms with E-state index in [1.807, 2.05) is 0 Å². The predicted molar refractivity (Wildman–Crippen MR) is 69.3 cm³/mol. The molecule has 0 amide bonds. The maximum Gasteiger partial charge on any atom is 0.0601 e. The Balaban J connectivity index is 2.58. The highest BCUT2D eigenvalue weighted by Crippen LogP contribution is 2.32. The number of nitrogens with one attached hydrogen (secondary N) is 1. The van der Waals surface area contributed by atoms with E-state index in [2.05, 4.69) is 59.2 Å². The van der Waals surface area contributed by atoms with Crippen LogP contribution in [0.2, 0.25) is 0 Å². The summed E-state index contributed by atoms with van der Waals surface area (Å²) in [6, 6.07) is 6.38. The molecule has 0 aliphatic rings. The molecule has 0 bridgehead atoms. The minimum atomic E-state index is 0.674. The minimum absolute atomic E-state index is 0.674. The van der Waals surface area contributed by atoms with Crippen LogP contribution in [0.25, 0.3) is 10.9 Å². The molecule has 0 atom stereocenters. The van der Waals surface area contributed by atoms with E-state index in [1.54, 1.807) is 0 Å². The largest absolute Gasteiger partial charge is 0.360 e. The lowest BCUT2D eigenvalue weighted by molar-refractivity contribution is 0.646. The van der Waals surface area contributed by atoms with Gasteiger partial charge in [-0.05, 0) is 46.3 Å². The van der Waals surface area contributed by atoms with Crippen molar-refractivity contribution in [3.05, 3.63) is 34.4 Å². The van der Waals surface area contributed by atoms with E-state index >= 15 is 0 Å². The van der Waals surface area contributed by atoms with E-state index in [0.29, 0.717) is 5.92 Å². The van der Waals surface area contributed by atoms with E-state index < -0.39 is 0 Å². The molecule has 1 nitrogen and oxygen atoms in total. The van der Waals surface area contributed by atoms with Crippen LogP contribution in [0.15, 0.2) is 28.9 Å². The van der Waals surface area contributed by atoms with Crippen LogP contribution in [-0.4, -0.2) is 4.98 Å². The molecule has 0 saturated carbocycles. The van der Waals surface area contributed by atoms with Gasteiger partial charge in [-0.1, -0.05) is 26.0 Å². The number of aromatic amines is 1. The third-order valence-electron chi connectivity index (χ3n) is 3.12. The van der Waals surface area contributed by atoms with Crippen molar-refractivity contribution in [1.82, 2.24) is 4.98 Å². The van der Waals surface area contributed by atoms with Gasteiger partial charge in [-0.25, -0.2) is 0 Å². The van der Waals surface area contributed by atoms with E-state index in [-0.39, 0.29) is 0 Å². The molecule has 15 heavy (non-hydrogen) atoms. The van der Waals surface area contributed by atoms with Gasteiger partial charge in [0, 0.05) is 16.1 Å². The SMILES string of the molecule is CCC(CC)c1c[nH]c2c(Br)cccc12. The fraction of sp³-hybridized carbons (Fsp3) is 0.385. The first-order chi connectivity index (χ1) is 7.27. The van der Waals surface area contributed by atoms with Crippen molar-refractivity contribution in [2.75, 3.05) is 0 Å². The number of rotatable bonds is 3. The van der Waals surface area contributed by atoms with Gasteiger partial charge in [-0.15, -0.1) is 0 Å². The Labute approximate surface area is 99.0 Å². The van der Waals surface area contributed by atoms with Crippen molar-refractivity contribution in [3.8, 4) is 0 Å². The molecule has 2 aromatic rings. The molecule has 0 aliphatic carbocycles. The van der Waals surface area contributed by atoms with Crippen molar-refractivity contribution >= 4 is 26.8 Å². The zero-order valence-electron chi connectivity index (χ0n) is 9.18. The van der Waals surface area contributed by atoms with Gasteiger partial charge in [0.05, 0.1) is 5.52 Å². The van der Waals surface area contributed by atoms with E-state index in [0.717, 1.165) is 4.47 Å². The molecule has 80 valence electrons. The predicted octanol–water partition coefficient (Wildman–Crippen LogP) is 4.83. The second kappa shape index (κ2) is 4.40. The molecule has 0 unspecified atom stereocenters. The third-order valence-corrected chi connectivity index (χ3v) is 3.78. The Morgan fingerprint density at radius 1 is 1.27 bits per heavy atom. The summed E-state index contributed by atoms with van der Waals surface area (Å²) < 4.78 is 1.15. The lowest BCUT2D eigenvalue weighted by atomic mass is 9.94. The molecule has 1 aromatic heterocycles. The topological polar surface area (TPSA) is 15.8 Å². The molecule has 2 heteroatoms. The Hall–Kier alpha value is -0.760. The van der Waals surface area contributed by atoms with Crippen molar-refractivity contribution in [3.63, 3.8) is 0 Å². The first kappa shape index (κ1) is 10.7. The van der Waals surface area contributed by atoms with Crippen LogP contribution >= 0.6 is 15.9 Å². The molecule has 0 radical (unpaired) electrons. The molecule has 0 fully saturated rings. The summed E-state index contributed by atoms with van der Waals surface area (Å²) in [4.78, 5) is 3.36. The minimum Gasteiger partial charge on any atom is -0.360 e. The highest BCUT2D eigenvalue weighted by Gasteiger charge is 2.12. The van der Waals surface area contributed by atoms with Crippen molar-refractivity contribution in [1.29, 1.82) is 0 Å². The van der Waals surface area contributed by atoms with Gasteiger partial charge in [0.1, 0.15) is 0 Å². The van der Waals surface area contributed by atoms with Crippen molar-refractivity contribution in [2.45, 2.75) is 32.6 Å². The number of aromatic nitrogens is 1. The number of para-hydroxylation sites is 1. The molecule has 2 rings (SSSR count). The van der Waals surface area contributed by atoms with Gasteiger partial charge in [-0.2, -0.15) is 0 Å². The molecular formula is C13H16BrN. The second-order valence-electron chi connectivity index (χ2n) is 3.92. The Kier molecular flexibility index (Phi) is 3.15. The number of halogens is 1. The van der Waals surface area contributed by atoms with Crippen LogP contribution in [0, 0.1) is 0 Å². The lowest BCUT2D eigenvalue weighted by Gasteiger charge is -2.10. The smallest absolute Gasteiger partial charge is 0.0601 e. The van der Waals surface area contributed by atoms with Crippen molar-refractivity contribution in [2.24, 2.45) is 0 Å². The molecule has 1 heterocycles. The monoisotopic (exact) mass is 265 g/mol. The fourth-order valence-electron chi connectivity index (χ4n) is 2.21. The lowest BCUT2D eigenvalue weighted by Crippen LogP contribution is -1.93. The fourth-order valence-corrected chi connectivity index (χ4v) is 2.69. The highest BCUT2D eigenvalue weighted by atomic mass is 79.9. The van der Waals surface area contributed by atoms with Gasteiger partial charge < -0.3 is 4.98 Å². The summed E-state index contributed by atoms with van der Waals surface area (Å²) >= 11 is 3.57. The van der Waals surface area contributed by atoms with Gasteiger partial charge in [0.2, 0.25) is 0 Å². The molecule has 0 saturated heterocycles. The second-order valence-corrected chi connectivity index (χ2v) is 4.77. The molecular weight excluding hydrogens is 250 g/mol. The summed E-state index contributed by atoms with van der Waals surface area (Å²) in [5.41, 5.74) is 2.68. The zero-order chi connectivity index (χ0) is 10.8. The number of fused-ring (bicyclic) bond motifs is 1. The van der Waals surface area contributed by atoms with Crippen molar-refractivity contribution < 1.29 is 0 Å². The maximum absolute atomic E-state index is 3.57. The summed E-state index contributed by atoms with van der Waals surface area (Å²) in [6.07, 6.45) is 4.57. The standard InChI is InChI=1S/C13H16BrN/c1-3-9(4-2)11-8-15-13-10(11)6-5-7-12(13)14/h5-9,15H,3-4H2,1-2H3. The highest BCUT2D eigenvalue weighted by molar-refractivity contribution is 9.10. The van der Waals surface area contributed by atoms with Crippen LogP contribution in [0.1, 0.15) is 38.2 Å². The first-order valence-corrected chi connectivity index (χ1v) is 6.32. The normalized spacial score (nSPS) is 11.5. The molecule has 0 aliphatic heterocycles. The van der Waals surface area contributed by atoms with Gasteiger partial charge >= 0.3 is 0 Å². The molecule has 1 aromatic carbocycles. The van der Waals surface area contributed by atoms with Crippen LogP contribution < -0.4 is 0 Å². The molecule has 1 N–H and O–H groups in total. The number of hydrogen-bond donors (Lipinski definition) is 1. The van der Waals surface area contributed by atoms with Gasteiger partial charge in [-0.3, -0.25) is 0 Å². The summed E-state index contributed by atoms with van der Waals surface area (Å²) in [7, 11) is 0. The number of H-pyrrole nitrogens is 1. The van der Waals surface area contributed by atoms with Crippen LogP contribution in [0.3, 0.4) is 0 Å². The van der Waals surface area contributed by atoms with Crippen LogP contribution in [0.5, 0.6) is 0 Å². The van der Waals surface area contributed by atoms with Crippen LogP contribution in [-0.2, 0) is 0 Å². The van der Waals surface area contributed by atoms with E-state index in [9.17, 15) is 0 Å².